The molecule has 0 aliphatic carbocycles. The van der Waals surface area contributed by atoms with E-state index in [2.05, 4.69) is 30.8 Å². The number of hydrogen-bond donors (Lipinski definition) is 1. The number of phenols is 1. The number of piperazine rings is 1. The topological polar surface area (TPSA) is 72.3 Å². The first-order valence-corrected chi connectivity index (χ1v) is 13.3. The highest BCUT2D eigenvalue weighted by atomic mass is 35.5. The zero-order chi connectivity index (χ0) is 29.1. The fraction of sp³-hybridized carbons (Fsp3) is 0.333. The van der Waals surface area contributed by atoms with Crippen LogP contribution in [0.15, 0.2) is 47.4 Å². The molecule has 0 atom stereocenters. The van der Waals surface area contributed by atoms with Crippen LogP contribution in [0.2, 0.25) is 5.02 Å². The van der Waals surface area contributed by atoms with Gasteiger partial charge in [-0.05, 0) is 49.7 Å². The number of aromatic hydroxyl groups is 1. The number of aromatic nitrogens is 1. The van der Waals surface area contributed by atoms with Crippen LogP contribution < -0.4 is 15.4 Å². The number of benzene rings is 2. The molecule has 1 N–H and O–H groups in total. The molecule has 0 radical (unpaired) electrons. The Balaban J connectivity index is 1.74. The first-order valence-electron chi connectivity index (χ1n) is 13.0. The van der Waals surface area contributed by atoms with E-state index in [1.807, 2.05) is 4.90 Å². The van der Waals surface area contributed by atoms with Crippen molar-refractivity contribution in [2.75, 3.05) is 50.1 Å². The SMILES string of the molecule is CC(C)N1CCN(c2cc(-c3cc(F)cc(-c4ccc(N(C#CN(C)C)C=O)c(Cl)c4)c3O)cn(C)c2=O)CC1. The average Bonchev–Trinajstić information content (AvgIpc) is 2.92. The molecule has 2 heterocycles. The largest absolute Gasteiger partial charge is 0.507 e. The van der Waals surface area contributed by atoms with Crippen LogP contribution in [0, 0.1) is 17.9 Å². The third kappa shape index (κ3) is 6.09. The van der Waals surface area contributed by atoms with Crippen molar-refractivity contribution in [3.05, 3.63) is 63.8 Å². The van der Waals surface area contributed by atoms with Gasteiger partial charge in [0.25, 0.3) is 5.56 Å². The molecule has 8 nitrogen and oxygen atoms in total. The Morgan fingerprint density at radius 3 is 2.25 bits per heavy atom. The lowest BCUT2D eigenvalue weighted by molar-refractivity contribution is -0.106. The van der Waals surface area contributed by atoms with Gasteiger partial charge in [-0.15, -0.1) is 0 Å². The van der Waals surface area contributed by atoms with Gasteiger partial charge in [-0.3, -0.25) is 14.5 Å². The van der Waals surface area contributed by atoms with Gasteiger partial charge in [0.1, 0.15) is 17.3 Å². The number of aryl methyl sites for hydroxylation is 1. The number of anilines is 2. The highest BCUT2D eigenvalue weighted by Gasteiger charge is 2.23. The minimum Gasteiger partial charge on any atom is -0.507 e. The number of carbonyl (C=O) groups is 1. The Hall–Kier alpha value is -4.00. The van der Waals surface area contributed by atoms with Gasteiger partial charge < -0.3 is 19.5 Å². The molecule has 1 aliphatic heterocycles. The van der Waals surface area contributed by atoms with Crippen LogP contribution in [0.5, 0.6) is 5.75 Å². The molecule has 1 saturated heterocycles. The summed E-state index contributed by atoms with van der Waals surface area (Å²) in [6.45, 7) is 7.35. The van der Waals surface area contributed by atoms with E-state index >= 15 is 0 Å². The van der Waals surface area contributed by atoms with Gasteiger partial charge in [-0.1, -0.05) is 17.7 Å². The fourth-order valence-electron chi connectivity index (χ4n) is 4.75. The highest BCUT2D eigenvalue weighted by molar-refractivity contribution is 6.34. The summed E-state index contributed by atoms with van der Waals surface area (Å²) >= 11 is 6.49. The predicted molar refractivity (Wildman–Crippen MR) is 158 cm³/mol. The summed E-state index contributed by atoms with van der Waals surface area (Å²) < 4.78 is 16.4. The molecule has 2 aromatic carbocycles. The van der Waals surface area contributed by atoms with Crippen LogP contribution in [0.3, 0.4) is 0 Å². The van der Waals surface area contributed by atoms with Gasteiger partial charge in [0.2, 0.25) is 6.41 Å². The molecule has 0 spiro atoms. The molecular formula is C30H33ClFN5O3. The van der Waals surface area contributed by atoms with Crippen molar-refractivity contribution in [2.24, 2.45) is 7.05 Å². The first kappa shape index (κ1) is 29.0. The molecule has 4 rings (SSSR count). The van der Waals surface area contributed by atoms with Gasteiger partial charge in [0.05, 0.1) is 10.7 Å². The second kappa shape index (κ2) is 12.0. The number of halogens is 2. The van der Waals surface area contributed by atoms with E-state index in [0.29, 0.717) is 48.0 Å². The van der Waals surface area contributed by atoms with Crippen molar-refractivity contribution >= 4 is 29.4 Å². The summed E-state index contributed by atoms with van der Waals surface area (Å²) in [6.07, 6.45) is 2.14. The van der Waals surface area contributed by atoms with Crippen molar-refractivity contribution in [1.29, 1.82) is 0 Å². The monoisotopic (exact) mass is 565 g/mol. The average molecular weight is 566 g/mol. The molecular weight excluding hydrogens is 533 g/mol. The third-order valence-corrected chi connectivity index (χ3v) is 7.26. The molecule has 10 heteroatoms. The van der Waals surface area contributed by atoms with Gasteiger partial charge in [-0.2, -0.15) is 0 Å². The zero-order valence-corrected chi connectivity index (χ0v) is 24.0. The van der Waals surface area contributed by atoms with Gasteiger partial charge in [0, 0.05) is 88.3 Å². The summed E-state index contributed by atoms with van der Waals surface area (Å²) in [6, 6.07) is 14.8. The third-order valence-electron chi connectivity index (χ3n) is 6.95. The molecule has 0 unspecified atom stereocenters. The Kier molecular flexibility index (Phi) is 8.72. The molecule has 40 heavy (non-hydrogen) atoms. The maximum atomic E-state index is 15.0. The van der Waals surface area contributed by atoms with E-state index in [1.165, 1.54) is 16.7 Å². The summed E-state index contributed by atoms with van der Waals surface area (Å²) in [4.78, 5) is 31.8. The van der Waals surface area contributed by atoms with E-state index in [9.17, 15) is 19.1 Å². The predicted octanol–water partition coefficient (Wildman–Crippen LogP) is 4.19. The number of phenolic OH excluding ortho intramolecular Hbond substituents is 1. The Morgan fingerprint density at radius 2 is 1.68 bits per heavy atom. The molecule has 1 fully saturated rings. The Morgan fingerprint density at radius 1 is 1.02 bits per heavy atom. The summed E-state index contributed by atoms with van der Waals surface area (Å²) in [5.41, 5.74) is 2.14. The van der Waals surface area contributed by atoms with E-state index in [1.54, 1.807) is 56.5 Å². The van der Waals surface area contributed by atoms with Crippen molar-refractivity contribution in [2.45, 2.75) is 19.9 Å². The molecule has 210 valence electrons. The van der Waals surface area contributed by atoms with Crippen molar-refractivity contribution in [3.63, 3.8) is 0 Å². The summed E-state index contributed by atoms with van der Waals surface area (Å²) in [5.74, 6) is -0.714. The maximum absolute atomic E-state index is 15.0. The quantitative estimate of drug-likeness (QED) is 0.275. The highest BCUT2D eigenvalue weighted by Crippen LogP contribution is 2.41. The number of carbonyl (C=O) groups excluding carboxylic acids is 1. The number of nitrogens with zero attached hydrogens (tertiary/aromatic N) is 5. The smallest absolute Gasteiger partial charge is 0.273 e. The molecule has 3 aromatic rings. The van der Waals surface area contributed by atoms with Crippen LogP contribution in [0.4, 0.5) is 15.8 Å². The summed E-state index contributed by atoms with van der Waals surface area (Å²) in [7, 11) is 5.13. The van der Waals surface area contributed by atoms with Crippen molar-refractivity contribution in [3.8, 4) is 40.1 Å². The van der Waals surface area contributed by atoms with Gasteiger partial charge >= 0.3 is 0 Å². The van der Waals surface area contributed by atoms with Crippen LogP contribution in [-0.2, 0) is 11.8 Å². The van der Waals surface area contributed by atoms with Crippen LogP contribution in [-0.4, -0.2) is 72.2 Å². The Labute approximate surface area is 238 Å². The van der Waals surface area contributed by atoms with Gasteiger partial charge in [-0.25, -0.2) is 9.29 Å². The lowest BCUT2D eigenvalue weighted by Crippen LogP contribution is -2.50. The maximum Gasteiger partial charge on any atom is 0.273 e. The number of hydrogen-bond acceptors (Lipinski definition) is 6. The van der Waals surface area contributed by atoms with Crippen LogP contribution >= 0.6 is 11.6 Å². The lowest BCUT2D eigenvalue weighted by atomic mass is 9.97. The van der Waals surface area contributed by atoms with E-state index in [4.69, 9.17) is 11.6 Å². The number of pyridine rings is 1. The minimum absolute atomic E-state index is 0.154. The van der Waals surface area contributed by atoms with Crippen molar-refractivity contribution in [1.82, 2.24) is 14.4 Å². The molecule has 1 aromatic heterocycles. The number of rotatable bonds is 6. The first-order chi connectivity index (χ1) is 19.0. The standard InChI is InChI=1S/C30H33ClFN5O3/c1-20(2)35-10-12-36(13-11-35)28-15-22(18-34(5)30(28)40)25-17-23(32)16-24(29(25)39)21-6-7-27(26(31)14-21)37(19-38)9-8-33(3)4/h6-7,14-20,39H,10-13H2,1-5H3. The normalized spacial score (nSPS) is 13.7. The van der Waals surface area contributed by atoms with Crippen molar-refractivity contribution < 1.29 is 14.3 Å². The second-order valence-electron chi connectivity index (χ2n) is 10.3. The van der Waals surface area contributed by atoms with Gasteiger partial charge in [0.15, 0.2) is 0 Å². The Bertz CT molecular complexity index is 1530. The van der Waals surface area contributed by atoms with Crippen LogP contribution in [0.25, 0.3) is 22.3 Å². The molecule has 1 amide bonds. The second-order valence-corrected chi connectivity index (χ2v) is 10.7. The minimum atomic E-state index is -0.560. The molecule has 0 bridgehead atoms. The lowest BCUT2D eigenvalue weighted by Gasteiger charge is -2.38. The van der Waals surface area contributed by atoms with E-state index < -0.39 is 5.82 Å². The summed E-state index contributed by atoms with van der Waals surface area (Å²) in [5, 5.41) is 11.5. The zero-order valence-electron chi connectivity index (χ0n) is 23.3. The van der Waals surface area contributed by atoms with E-state index in [0.717, 1.165) is 18.0 Å². The van der Waals surface area contributed by atoms with E-state index in [-0.39, 0.29) is 27.5 Å². The fourth-order valence-corrected chi connectivity index (χ4v) is 5.03. The molecule has 0 saturated carbocycles. The number of amides is 1. The van der Waals surface area contributed by atoms with Crippen LogP contribution in [0.1, 0.15) is 13.8 Å². The molecule has 1 aliphatic rings.